The Morgan fingerprint density at radius 2 is 1.55 bits per heavy atom. The summed E-state index contributed by atoms with van der Waals surface area (Å²) in [6.45, 7) is 0. The lowest BCUT2D eigenvalue weighted by molar-refractivity contribution is 0.418. The molecule has 0 amide bonds. The van der Waals surface area contributed by atoms with Crippen molar-refractivity contribution in [2.24, 2.45) is 0 Å². The van der Waals surface area contributed by atoms with E-state index >= 15 is 0 Å². The second-order valence-corrected chi connectivity index (χ2v) is 23.1. The third-order valence-electron chi connectivity index (χ3n) is 3.13. The smallest absolute Gasteiger partial charge is 0.249 e. The van der Waals surface area contributed by atoms with E-state index in [0.717, 1.165) is 11.5 Å². The molecule has 1 saturated heterocycles. The lowest BCUT2D eigenvalue weighted by Crippen LogP contribution is -2.12. The highest BCUT2D eigenvalue weighted by molar-refractivity contribution is 9.55. The maximum atomic E-state index is 5.55. The zero-order chi connectivity index (χ0) is 15.6. The number of rotatable bonds is 5. The minimum Gasteiger partial charge on any atom is -0.496 e. The van der Waals surface area contributed by atoms with Gasteiger partial charge in [0.2, 0.25) is 4.87 Å². The summed E-state index contributed by atoms with van der Waals surface area (Å²) in [6, 6.07) is 16.6. The molecule has 1 fully saturated rings. The summed E-state index contributed by atoms with van der Waals surface area (Å²) in [5.74, 6) is 1.95. The second-order valence-electron chi connectivity index (χ2n) is 4.34. The van der Waals surface area contributed by atoms with Crippen LogP contribution >= 0.6 is 55.3 Å². The predicted molar refractivity (Wildman–Crippen MR) is 111 cm³/mol. The third kappa shape index (κ3) is 3.11. The van der Waals surface area contributed by atoms with E-state index in [1.165, 1.54) is 10.6 Å². The maximum absolute atomic E-state index is 5.55. The van der Waals surface area contributed by atoms with E-state index in [9.17, 15) is 0 Å². The summed E-state index contributed by atoms with van der Waals surface area (Å²) in [5.41, 5.74) is 0. The number of thiol groups is 1. The molecule has 0 unspecified atom stereocenters. The fourth-order valence-electron chi connectivity index (χ4n) is 2.09. The van der Waals surface area contributed by atoms with Crippen molar-refractivity contribution in [3.63, 3.8) is 0 Å². The first-order valence-electron chi connectivity index (χ1n) is 6.42. The van der Waals surface area contributed by atoms with E-state index in [4.69, 9.17) is 9.47 Å². The molecule has 0 aromatic heterocycles. The molecule has 0 atom stereocenters. The van der Waals surface area contributed by atoms with Crippen LogP contribution in [0.3, 0.4) is 0 Å². The minimum absolute atomic E-state index is 0.322. The van der Waals surface area contributed by atoms with Gasteiger partial charge in [-0.15, -0.1) is 0 Å². The first-order valence-corrected chi connectivity index (χ1v) is 16.1. The number of para-hydroxylation sites is 2. The molecule has 0 radical (unpaired) electrons. The van der Waals surface area contributed by atoms with Gasteiger partial charge >= 0.3 is 0 Å². The van der Waals surface area contributed by atoms with E-state index in [0.29, 0.717) is 0 Å². The van der Waals surface area contributed by atoms with Gasteiger partial charge in [0.05, 0.1) is 36.2 Å². The van der Waals surface area contributed by atoms with Crippen LogP contribution in [0.25, 0.3) is 0 Å². The molecule has 1 aliphatic heterocycles. The molecule has 2 aromatic rings. The number of benzene rings is 2. The lowest BCUT2D eigenvalue weighted by atomic mass is 10.3. The number of ether oxygens (including phenoxy) is 2. The summed E-state index contributed by atoms with van der Waals surface area (Å²) in [4.78, 5) is -1.45. The van der Waals surface area contributed by atoms with Gasteiger partial charge in [-0.1, -0.05) is 35.9 Å². The van der Waals surface area contributed by atoms with E-state index in [1.807, 2.05) is 24.3 Å². The van der Waals surface area contributed by atoms with Crippen molar-refractivity contribution in [3.05, 3.63) is 48.5 Å². The van der Waals surface area contributed by atoms with Crippen molar-refractivity contribution in [3.8, 4) is 11.5 Å². The fraction of sp³-hybridized carbons (Fsp3) is 0.143. The Morgan fingerprint density at radius 3 is 2.18 bits per heavy atom. The number of methoxy groups -OCH3 is 2. The molecule has 1 aliphatic rings. The Hall–Kier alpha value is 0.300. The molecule has 0 aliphatic carbocycles. The summed E-state index contributed by atoms with van der Waals surface area (Å²) in [6.07, 6.45) is -0.322. The Kier molecular flexibility index (Phi) is 5.81. The van der Waals surface area contributed by atoms with Crippen LogP contribution in [0.15, 0.2) is 48.5 Å². The molecule has 0 N–H and O–H groups in total. The maximum Gasteiger partial charge on any atom is 0.249 e. The fourth-order valence-corrected chi connectivity index (χ4v) is 36.9. The Balaban J connectivity index is 1.88. The zero-order valence-corrected chi connectivity index (χ0v) is 17.1. The third-order valence-corrected chi connectivity index (χ3v) is 34.4. The molecule has 0 spiro atoms. The van der Waals surface area contributed by atoms with Gasteiger partial charge in [-0.3, -0.25) is 0 Å². The first-order chi connectivity index (χ1) is 10.7. The van der Waals surface area contributed by atoms with Gasteiger partial charge in [0.1, 0.15) is 22.5 Å². The molecule has 2 nitrogen and oxygen atoms in total. The van der Waals surface area contributed by atoms with Crippen molar-refractivity contribution in [2.45, 2.75) is 0 Å². The van der Waals surface area contributed by atoms with Crippen molar-refractivity contribution < 1.29 is 9.47 Å². The second kappa shape index (κ2) is 7.46. The Labute approximate surface area is 149 Å². The SMILES string of the molecule is COc1ccccc1P1S[P+](SS)(c2ccccc2OC)S1. The van der Waals surface area contributed by atoms with Gasteiger partial charge in [-0.2, -0.15) is 0 Å². The summed E-state index contributed by atoms with van der Waals surface area (Å²) >= 11 is 8.68. The Bertz CT molecular complexity index is 665. The van der Waals surface area contributed by atoms with Gasteiger partial charge in [-0.25, -0.2) is 0 Å². The molecule has 0 bridgehead atoms. The highest BCUT2D eigenvalue weighted by Gasteiger charge is 2.62. The van der Waals surface area contributed by atoms with E-state index in [-0.39, 0.29) is 6.33 Å². The van der Waals surface area contributed by atoms with Crippen molar-refractivity contribution in [1.82, 2.24) is 0 Å². The minimum atomic E-state index is -1.45. The van der Waals surface area contributed by atoms with Gasteiger partial charge in [0.15, 0.2) is 11.1 Å². The van der Waals surface area contributed by atoms with Gasteiger partial charge in [0, 0.05) is 5.30 Å². The van der Waals surface area contributed by atoms with Gasteiger partial charge in [0.25, 0.3) is 0 Å². The van der Waals surface area contributed by atoms with Crippen LogP contribution in [0.5, 0.6) is 11.5 Å². The number of hydrogen-bond donors (Lipinski definition) is 1. The topological polar surface area (TPSA) is 18.5 Å². The molecular weight excluding hydrogens is 390 g/mol. The van der Waals surface area contributed by atoms with E-state index in [2.05, 4.69) is 57.9 Å². The van der Waals surface area contributed by atoms with E-state index in [1.54, 1.807) is 24.6 Å². The zero-order valence-electron chi connectivity index (χ0n) is 12.0. The van der Waals surface area contributed by atoms with Crippen LogP contribution in [0.4, 0.5) is 0 Å². The molecule has 2 aromatic carbocycles. The summed E-state index contributed by atoms with van der Waals surface area (Å²) < 4.78 is 11.1. The number of hydrogen-bond acceptors (Lipinski definition) is 6. The lowest BCUT2D eigenvalue weighted by Gasteiger charge is -2.33. The van der Waals surface area contributed by atoms with Crippen LogP contribution in [0, 0.1) is 0 Å². The molecule has 8 heteroatoms. The molecule has 1 heterocycles. The van der Waals surface area contributed by atoms with Crippen LogP contribution in [-0.2, 0) is 0 Å². The monoisotopic (exact) mass is 405 g/mol. The summed E-state index contributed by atoms with van der Waals surface area (Å²) in [5, 5.41) is 2.60. The molecule has 0 saturated carbocycles. The highest BCUT2D eigenvalue weighted by atomic mass is 33.8. The van der Waals surface area contributed by atoms with Crippen molar-refractivity contribution >= 4 is 65.9 Å². The van der Waals surface area contributed by atoms with Gasteiger partial charge in [-0.05, 0) is 24.3 Å². The molecule has 116 valence electrons. The first kappa shape index (κ1) is 17.1. The summed E-state index contributed by atoms with van der Waals surface area (Å²) in [7, 11) is 5.15. The van der Waals surface area contributed by atoms with Crippen LogP contribution in [0.1, 0.15) is 0 Å². The normalized spacial score (nSPS) is 23.7. The largest absolute Gasteiger partial charge is 0.496 e. The van der Waals surface area contributed by atoms with Crippen LogP contribution in [-0.4, -0.2) is 14.2 Å². The standard InChI is InChI=1S/C14H14O2P2S4/c1-15-11-7-3-5-9-13(11)17-20-18(21-17,22-19)14-10-6-4-8-12(14)16-2/h3-10H,1-2H3/p+1. The highest BCUT2D eigenvalue weighted by Crippen LogP contribution is 3.11. The van der Waals surface area contributed by atoms with Crippen LogP contribution in [0.2, 0.25) is 0 Å². The van der Waals surface area contributed by atoms with E-state index < -0.39 is 4.87 Å². The molecular formula is C14H15O2P2S4+. The average Bonchev–Trinajstić information content (AvgIpc) is 2.55. The van der Waals surface area contributed by atoms with Crippen molar-refractivity contribution in [1.29, 1.82) is 0 Å². The van der Waals surface area contributed by atoms with Crippen LogP contribution < -0.4 is 20.1 Å². The van der Waals surface area contributed by atoms with Crippen molar-refractivity contribution in [2.75, 3.05) is 14.2 Å². The quantitative estimate of drug-likeness (QED) is 0.385. The Morgan fingerprint density at radius 1 is 0.955 bits per heavy atom. The molecule has 22 heavy (non-hydrogen) atoms. The average molecular weight is 405 g/mol. The molecule has 3 rings (SSSR count). The van der Waals surface area contributed by atoms with Gasteiger partial charge < -0.3 is 9.47 Å². The predicted octanol–water partition coefficient (Wildman–Crippen LogP) is 5.79.